The normalized spacial score (nSPS) is 28.0. The zero-order chi connectivity index (χ0) is 12.5. The Morgan fingerprint density at radius 2 is 2.00 bits per heavy atom. The first kappa shape index (κ1) is 12.2. The van der Waals surface area contributed by atoms with Gasteiger partial charge < -0.3 is 4.90 Å². The Labute approximate surface area is 114 Å². The maximum absolute atomic E-state index is 5.92. The first-order chi connectivity index (χ1) is 8.74. The van der Waals surface area contributed by atoms with Gasteiger partial charge in [-0.15, -0.1) is 0 Å². The van der Waals surface area contributed by atoms with Crippen molar-refractivity contribution in [3.8, 4) is 0 Å². The average Bonchev–Trinajstić information content (AvgIpc) is 2.41. The Bertz CT molecular complexity index is 435. The molecule has 0 spiro atoms. The van der Waals surface area contributed by atoms with Gasteiger partial charge in [-0.05, 0) is 43.2 Å². The number of fused-ring (bicyclic) bond motifs is 1. The van der Waals surface area contributed by atoms with Gasteiger partial charge in [-0.2, -0.15) is 0 Å². The molecule has 2 aliphatic rings. The lowest BCUT2D eigenvalue weighted by molar-refractivity contribution is 0.202. The highest BCUT2D eigenvalue weighted by Gasteiger charge is 2.32. The molecule has 3 nitrogen and oxygen atoms in total. The topological polar surface area (TPSA) is 29.0 Å². The minimum atomic E-state index is 0.362. The Balaban J connectivity index is 1.79. The third kappa shape index (κ3) is 2.33. The van der Waals surface area contributed by atoms with E-state index in [9.17, 15) is 0 Å². The molecule has 0 bridgehead atoms. The molecule has 4 heteroatoms. The lowest BCUT2D eigenvalue weighted by Crippen LogP contribution is -2.42. The smallest absolute Gasteiger partial charge is 0.224 e. The first-order valence-corrected chi connectivity index (χ1v) is 7.36. The molecule has 2 heterocycles. The van der Waals surface area contributed by atoms with Crippen LogP contribution in [0.5, 0.6) is 0 Å². The van der Waals surface area contributed by atoms with Gasteiger partial charge >= 0.3 is 0 Å². The van der Waals surface area contributed by atoms with Crippen LogP contribution in [0, 0.1) is 18.8 Å². The quantitative estimate of drug-likeness (QED) is 0.729. The molecule has 0 N–H and O–H groups in total. The van der Waals surface area contributed by atoms with Gasteiger partial charge in [-0.3, -0.25) is 0 Å². The summed E-state index contributed by atoms with van der Waals surface area (Å²) in [5, 5.41) is 0.362. The Kier molecular flexibility index (Phi) is 3.42. The number of rotatable bonds is 1. The van der Waals surface area contributed by atoms with E-state index in [2.05, 4.69) is 21.8 Å². The molecule has 1 aromatic heterocycles. The largest absolute Gasteiger partial charge is 0.356 e. The van der Waals surface area contributed by atoms with Crippen molar-refractivity contribution in [2.24, 2.45) is 11.8 Å². The van der Waals surface area contributed by atoms with Crippen LogP contribution >= 0.6 is 11.6 Å². The number of hydrogen-bond acceptors (Lipinski definition) is 3. The van der Waals surface area contributed by atoms with Crippen LogP contribution in [0.1, 0.15) is 37.7 Å². The van der Waals surface area contributed by atoms with Crippen molar-refractivity contribution in [2.45, 2.75) is 39.0 Å². The van der Waals surface area contributed by atoms with Crippen LogP contribution in [0.15, 0.2) is 6.20 Å². The fraction of sp³-hybridized carbons (Fsp3) is 0.714. The van der Waals surface area contributed by atoms with Crippen LogP contribution in [0.25, 0.3) is 0 Å². The molecule has 98 valence electrons. The molecule has 3 rings (SSSR count). The van der Waals surface area contributed by atoms with E-state index in [-0.39, 0.29) is 0 Å². The zero-order valence-corrected chi connectivity index (χ0v) is 11.7. The van der Waals surface area contributed by atoms with E-state index in [1.807, 2.05) is 6.20 Å². The summed E-state index contributed by atoms with van der Waals surface area (Å²) in [4.78, 5) is 10.9. The Morgan fingerprint density at radius 1 is 1.22 bits per heavy atom. The molecule has 0 aromatic carbocycles. The minimum Gasteiger partial charge on any atom is -0.356 e. The number of anilines is 1. The van der Waals surface area contributed by atoms with Crippen molar-refractivity contribution < 1.29 is 0 Å². The summed E-state index contributed by atoms with van der Waals surface area (Å²) in [6.07, 6.45) is 8.79. The van der Waals surface area contributed by atoms with E-state index < -0.39 is 0 Å². The Morgan fingerprint density at radius 3 is 2.83 bits per heavy atom. The summed E-state index contributed by atoms with van der Waals surface area (Å²) in [6.45, 7) is 4.34. The van der Waals surface area contributed by atoms with Crippen LogP contribution < -0.4 is 4.90 Å². The van der Waals surface area contributed by atoms with Crippen molar-refractivity contribution in [2.75, 3.05) is 18.0 Å². The van der Waals surface area contributed by atoms with E-state index in [4.69, 9.17) is 11.6 Å². The number of aromatic nitrogens is 2. The zero-order valence-electron chi connectivity index (χ0n) is 10.9. The van der Waals surface area contributed by atoms with Gasteiger partial charge in [0.15, 0.2) is 0 Å². The maximum atomic E-state index is 5.92. The maximum Gasteiger partial charge on any atom is 0.224 e. The van der Waals surface area contributed by atoms with Gasteiger partial charge in [0.25, 0.3) is 0 Å². The van der Waals surface area contributed by atoms with E-state index in [0.29, 0.717) is 5.28 Å². The lowest BCUT2D eigenvalue weighted by Gasteiger charge is -2.42. The number of halogens is 1. The molecule has 18 heavy (non-hydrogen) atoms. The van der Waals surface area contributed by atoms with E-state index >= 15 is 0 Å². The second-order valence-corrected chi connectivity index (χ2v) is 6.02. The van der Waals surface area contributed by atoms with Gasteiger partial charge in [0, 0.05) is 24.8 Å². The highest BCUT2D eigenvalue weighted by atomic mass is 35.5. The monoisotopic (exact) mass is 265 g/mol. The third-order valence-corrected chi connectivity index (χ3v) is 4.69. The summed E-state index contributed by atoms with van der Waals surface area (Å²) in [5.41, 5.74) is 1.13. The Hall–Kier alpha value is -0.830. The van der Waals surface area contributed by atoms with Crippen molar-refractivity contribution in [3.05, 3.63) is 17.0 Å². The summed E-state index contributed by atoms with van der Waals surface area (Å²) < 4.78 is 0. The van der Waals surface area contributed by atoms with Crippen molar-refractivity contribution in [1.29, 1.82) is 0 Å². The van der Waals surface area contributed by atoms with Gasteiger partial charge in [0.2, 0.25) is 5.28 Å². The number of hydrogen-bond donors (Lipinski definition) is 0. The fourth-order valence-corrected chi connectivity index (χ4v) is 3.65. The molecule has 1 saturated carbocycles. The van der Waals surface area contributed by atoms with Crippen LogP contribution in [0.2, 0.25) is 5.28 Å². The molecule has 2 atom stereocenters. The first-order valence-electron chi connectivity index (χ1n) is 6.98. The second-order valence-electron chi connectivity index (χ2n) is 5.68. The van der Waals surface area contributed by atoms with Crippen LogP contribution in [-0.4, -0.2) is 23.1 Å². The van der Waals surface area contributed by atoms with Crippen molar-refractivity contribution >= 4 is 17.4 Å². The predicted molar refractivity (Wildman–Crippen MR) is 74.1 cm³/mol. The van der Waals surface area contributed by atoms with E-state index in [1.54, 1.807) is 0 Å². The standard InChI is InChI=1S/C14H20ClN3/c1-10-8-16-14(15)17-13(10)18-7-6-11-4-2-3-5-12(11)9-18/h8,11-12H,2-7,9H2,1H3. The van der Waals surface area contributed by atoms with Crippen molar-refractivity contribution in [1.82, 2.24) is 9.97 Å². The number of aryl methyl sites for hydroxylation is 1. The molecule has 0 radical (unpaired) electrons. The highest BCUT2D eigenvalue weighted by Crippen LogP contribution is 2.37. The number of piperidine rings is 1. The SMILES string of the molecule is Cc1cnc(Cl)nc1N1CCC2CCCCC2C1. The summed E-state index contributed by atoms with van der Waals surface area (Å²) in [7, 11) is 0. The molecule has 2 fully saturated rings. The van der Waals surface area contributed by atoms with Crippen molar-refractivity contribution in [3.63, 3.8) is 0 Å². The molecule has 1 aliphatic carbocycles. The van der Waals surface area contributed by atoms with Gasteiger partial charge in [0.1, 0.15) is 5.82 Å². The molecule has 1 aliphatic heterocycles. The third-order valence-electron chi connectivity index (χ3n) is 4.51. The molecular weight excluding hydrogens is 246 g/mol. The second kappa shape index (κ2) is 5.04. The molecule has 2 unspecified atom stereocenters. The molecular formula is C14H20ClN3. The highest BCUT2D eigenvalue weighted by molar-refractivity contribution is 6.28. The summed E-state index contributed by atoms with van der Waals surface area (Å²) in [6, 6.07) is 0. The van der Waals surface area contributed by atoms with Crippen LogP contribution in [-0.2, 0) is 0 Å². The van der Waals surface area contributed by atoms with E-state index in [0.717, 1.165) is 36.3 Å². The fourth-order valence-electron chi connectivity index (χ4n) is 3.53. The van der Waals surface area contributed by atoms with Gasteiger partial charge in [0.05, 0.1) is 0 Å². The molecule has 1 saturated heterocycles. The van der Waals surface area contributed by atoms with Crippen LogP contribution in [0.4, 0.5) is 5.82 Å². The minimum absolute atomic E-state index is 0.362. The predicted octanol–water partition coefficient (Wildman–Crippen LogP) is 3.45. The average molecular weight is 266 g/mol. The van der Waals surface area contributed by atoms with Gasteiger partial charge in [-0.1, -0.05) is 19.3 Å². The summed E-state index contributed by atoms with van der Waals surface area (Å²) in [5.74, 6) is 2.85. The molecule has 1 aromatic rings. The van der Waals surface area contributed by atoms with E-state index in [1.165, 1.54) is 32.1 Å². The molecule has 0 amide bonds. The summed E-state index contributed by atoms with van der Waals surface area (Å²) >= 11 is 5.92. The van der Waals surface area contributed by atoms with Gasteiger partial charge in [-0.25, -0.2) is 9.97 Å². The number of nitrogens with zero attached hydrogens (tertiary/aromatic N) is 3. The lowest BCUT2D eigenvalue weighted by atomic mass is 9.75. The van der Waals surface area contributed by atoms with Crippen LogP contribution in [0.3, 0.4) is 0 Å².